The van der Waals surface area contributed by atoms with Gasteiger partial charge < -0.3 is 10.1 Å². The Bertz CT molecular complexity index is 628. The van der Waals surface area contributed by atoms with Crippen molar-refractivity contribution in [1.29, 1.82) is 0 Å². The minimum Gasteiger partial charge on any atom is -0.493 e. The Morgan fingerprint density at radius 1 is 1.27 bits per heavy atom. The van der Waals surface area contributed by atoms with Gasteiger partial charge in [0.25, 0.3) is 0 Å². The van der Waals surface area contributed by atoms with Gasteiger partial charge in [0.15, 0.2) is 0 Å². The number of amides is 1. The van der Waals surface area contributed by atoms with Crippen LogP contribution in [-0.2, 0) is 17.6 Å². The second-order valence-corrected chi connectivity index (χ2v) is 5.65. The number of pyridine rings is 1. The summed E-state index contributed by atoms with van der Waals surface area (Å²) in [5.41, 5.74) is 2.32. The summed E-state index contributed by atoms with van der Waals surface area (Å²) in [4.78, 5) is 16.0. The summed E-state index contributed by atoms with van der Waals surface area (Å²) in [7, 11) is 0. The number of rotatable bonds is 5. The number of hydrogen-bond donors (Lipinski definition) is 1. The topological polar surface area (TPSA) is 51.2 Å². The Kier molecular flexibility index (Phi) is 4.68. The van der Waals surface area contributed by atoms with Gasteiger partial charge in [-0.05, 0) is 36.1 Å². The monoisotopic (exact) mass is 296 g/mol. The van der Waals surface area contributed by atoms with Crippen LogP contribution in [0.5, 0.6) is 5.75 Å². The Morgan fingerprint density at radius 3 is 3.05 bits per heavy atom. The molecule has 2 heterocycles. The molecule has 2 aromatic rings. The molecule has 3 rings (SSSR count). The molecule has 1 N–H and O–H groups in total. The van der Waals surface area contributed by atoms with E-state index in [-0.39, 0.29) is 5.91 Å². The first-order valence-electron chi connectivity index (χ1n) is 7.67. The average molecular weight is 296 g/mol. The molecule has 0 saturated carbocycles. The Labute approximate surface area is 130 Å². The summed E-state index contributed by atoms with van der Waals surface area (Å²) in [6, 6.07) is 12.0. The number of hydrogen-bond acceptors (Lipinski definition) is 3. The van der Waals surface area contributed by atoms with Crippen LogP contribution in [0.2, 0.25) is 0 Å². The lowest BCUT2D eigenvalue weighted by atomic mass is 9.96. The largest absolute Gasteiger partial charge is 0.493 e. The molecule has 0 bridgehead atoms. The van der Waals surface area contributed by atoms with E-state index in [4.69, 9.17) is 4.74 Å². The lowest BCUT2D eigenvalue weighted by Gasteiger charge is -2.25. The van der Waals surface area contributed by atoms with Crippen molar-refractivity contribution in [2.45, 2.75) is 19.3 Å². The minimum atomic E-state index is 0.0858. The molecule has 0 aliphatic carbocycles. The molecule has 1 aromatic carbocycles. The zero-order valence-corrected chi connectivity index (χ0v) is 12.5. The quantitative estimate of drug-likeness (QED) is 0.921. The van der Waals surface area contributed by atoms with E-state index in [2.05, 4.69) is 16.4 Å². The highest BCUT2D eigenvalue weighted by Gasteiger charge is 2.19. The number of carbonyl (C=O) groups excluding carboxylic acids is 1. The van der Waals surface area contributed by atoms with Crippen molar-refractivity contribution in [3.05, 3.63) is 59.9 Å². The molecule has 114 valence electrons. The zero-order valence-electron chi connectivity index (χ0n) is 12.5. The Balaban J connectivity index is 1.42. The van der Waals surface area contributed by atoms with Gasteiger partial charge in [0, 0.05) is 31.3 Å². The fourth-order valence-corrected chi connectivity index (χ4v) is 2.67. The number of aromatic nitrogens is 1. The number of fused-ring (bicyclic) bond motifs is 1. The number of carbonyl (C=O) groups is 1. The van der Waals surface area contributed by atoms with Gasteiger partial charge in [-0.3, -0.25) is 9.78 Å². The maximum atomic E-state index is 11.9. The van der Waals surface area contributed by atoms with E-state index in [1.165, 1.54) is 5.56 Å². The fourth-order valence-electron chi connectivity index (χ4n) is 2.67. The molecule has 0 saturated heterocycles. The third-order valence-corrected chi connectivity index (χ3v) is 3.91. The van der Waals surface area contributed by atoms with Crippen molar-refractivity contribution in [2.75, 3.05) is 13.2 Å². The summed E-state index contributed by atoms with van der Waals surface area (Å²) < 4.78 is 5.74. The van der Waals surface area contributed by atoms with Crippen LogP contribution < -0.4 is 10.1 Å². The van der Waals surface area contributed by atoms with Crippen LogP contribution in [0.3, 0.4) is 0 Å². The van der Waals surface area contributed by atoms with Gasteiger partial charge in [-0.25, -0.2) is 0 Å². The van der Waals surface area contributed by atoms with Crippen molar-refractivity contribution in [3.63, 3.8) is 0 Å². The van der Waals surface area contributed by atoms with Crippen LogP contribution in [0.15, 0.2) is 48.8 Å². The summed E-state index contributed by atoms with van der Waals surface area (Å²) in [6.07, 6.45) is 5.72. The van der Waals surface area contributed by atoms with E-state index in [1.54, 1.807) is 12.4 Å². The third kappa shape index (κ3) is 3.85. The minimum absolute atomic E-state index is 0.0858. The van der Waals surface area contributed by atoms with Crippen LogP contribution in [-0.4, -0.2) is 24.0 Å². The van der Waals surface area contributed by atoms with E-state index >= 15 is 0 Å². The van der Waals surface area contributed by atoms with Crippen LogP contribution in [0, 0.1) is 5.92 Å². The molecule has 4 heteroatoms. The van der Waals surface area contributed by atoms with E-state index in [0.717, 1.165) is 24.2 Å². The molecule has 4 nitrogen and oxygen atoms in total. The molecule has 1 atom stereocenters. The first kappa shape index (κ1) is 14.6. The molecule has 1 aromatic heterocycles. The Morgan fingerprint density at radius 2 is 2.18 bits per heavy atom. The lowest BCUT2D eigenvalue weighted by molar-refractivity contribution is -0.121. The molecule has 22 heavy (non-hydrogen) atoms. The number of nitrogens with one attached hydrogen (secondary N) is 1. The number of ether oxygens (including phenoxy) is 1. The van der Waals surface area contributed by atoms with Gasteiger partial charge in [0.2, 0.25) is 5.91 Å². The molecular weight excluding hydrogens is 276 g/mol. The molecule has 1 aliphatic rings. The SMILES string of the molecule is O=C(CCc1cccnc1)NCC1COc2ccccc2C1. The molecule has 0 spiro atoms. The predicted molar refractivity (Wildman–Crippen MR) is 84.7 cm³/mol. The summed E-state index contributed by atoms with van der Waals surface area (Å²) in [5, 5.41) is 3.01. The highest BCUT2D eigenvalue weighted by molar-refractivity contribution is 5.76. The van der Waals surface area contributed by atoms with Crippen molar-refractivity contribution in [2.24, 2.45) is 5.92 Å². The number of nitrogens with zero attached hydrogens (tertiary/aromatic N) is 1. The van der Waals surface area contributed by atoms with Gasteiger partial charge in [0.1, 0.15) is 5.75 Å². The zero-order chi connectivity index (χ0) is 15.2. The molecule has 1 unspecified atom stereocenters. The third-order valence-electron chi connectivity index (χ3n) is 3.91. The van der Waals surface area contributed by atoms with E-state index in [9.17, 15) is 4.79 Å². The molecular formula is C18H20N2O2. The predicted octanol–water partition coefficient (Wildman–Crippen LogP) is 2.38. The van der Waals surface area contributed by atoms with Crippen LogP contribution in [0.1, 0.15) is 17.5 Å². The number of benzene rings is 1. The number of para-hydroxylation sites is 1. The average Bonchev–Trinajstić information content (AvgIpc) is 2.59. The summed E-state index contributed by atoms with van der Waals surface area (Å²) in [6.45, 7) is 1.33. The van der Waals surface area contributed by atoms with Crippen LogP contribution in [0.4, 0.5) is 0 Å². The van der Waals surface area contributed by atoms with Gasteiger partial charge in [-0.15, -0.1) is 0 Å². The fraction of sp³-hybridized carbons (Fsp3) is 0.333. The van der Waals surface area contributed by atoms with Crippen molar-refractivity contribution in [3.8, 4) is 5.75 Å². The van der Waals surface area contributed by atoms with Crippen molar-refractivity contribution >= 4 is 5.91 Å². The summed E-state index contributed by atoms with van der Waals surface area (Å²) >= 11 is 0. The molecule has 1 amide bonds. The normalized spacial score (nSPS) is 16.5. The number of aryl methyl sites for hydroxylation is 1. The van der Waals surface area contributed by atoms with Crippen LogP contribution >= 0.6 is 0 Å². The highest BCUT2D eigenvalue weighted by atomic mass is 16.5. The second kappa shape index (κ2) is 7.07. The maximum Gasteiger partial charge on any atom is 0.220 e. The maximum absolute atomic E-state index is 11.9. The standard InChI is InChI=1S/C18H20N2O2/c21-18(8-7-14-4-3-9-19-11-14)20-12-15-10-16-5-1-2-6-17(16)22-13-15/h1-6,9,11,15H,7-8,10,12-13H2,(H,20,21). The second-order valence-electron chi connectivity index (χ2n) is 5.65. The van der Waals surface area contributed by atoms with E-state index in [0.29, 0.717) is 25.5 Å². The summed E-state index contributed by atoms with van der Waals surface area (Å²) in [5.74, 6) is 1.40. The first-order chi connectivity index (χ1) is 10.8. The lowest BCUT2D eigenvalue weighted by Crippen LogP contribution is -2.34. The van der Waals surface area contributed by atoms with E-state index < -0.39 is 0 Å². The molecule has 0 fully saturated rings. The van der Waals surface area contributed by atoms with E-state index in [1.807, 2.05) is 30.3 Å². The van der Waals surface area contributed by atoms with Gasteiger partial charge in [-0.1, -0.05) is 24.3 Å². The Hall–Kier alpha value is -2.36. The van der Waals surface area contributed by atoms with Crippen molar-refractivity contribution < 1.29 is 9.53 Å². The van der Waals surface area contributed by atoms with Crippen LogP contribution in [0.25, 0.3) is 0 Å². The highest BCUT2D eigenvalue weighted by Crippen LogP contribution is 2.26. The van der Waals surface area contributed by atoms with Gasteiger partial charge in [-0.2, -0.15) is 0 Å². The van der Waals surface area contributed by atoms with Gasteiger partial charge >= 0.3 is 0 Å². The first-order valence-corrected chi connectivity index (χ1v) is 7.67. The molecule has 1 aliphatic heterocycles. The van der Waals surface area contributed by atoms with Gasteiger partial charge in [0.05, 0.1) is 6.61 Å². The smallest absolute Gasteiger partial charge is 0.220 e. The molecule has 0 radical (unpaired) electrons. The van der Waals surface area contributed by atoms with Crippen molar-refractivity contribution in [1.82, 2.24) is 10.3 Å².